The fourth-order valence-corrected chi connectivity index (χ4v) is 2.13. The molecule has 1 saturated carbocycles. The van der Waals surface area contributed by atoms with Crippen LogP contribution in [0.1, 0.15) is 43.3 Å². The van der Waals surface area contributed by atoms with Crippen molar-refractivity contribution in [2.75, 3.05) is 7.05 Å². The van der Waals surface area contributed by atoms with Crippen LogP contribution in [-0.4, -0.2) is 18.1 Å². The molecule has 0 amide bonds. The van der Waals surface area contributed by atoms with Crippen molar-refractivity contribution in [1.29, 1.82) is 0 Å². The van der Waals surface area contributed by atoms with E-state index in [1.54, 1.807) is 0 Å². The minimum Gasteiger partial charge on any atom is -0.444 e. The molecule has 0 bridgehead atoms. The van der Waals surface area contributed by atoms with E-state index in [9.17, 15) is 0 Å². The summed E-state index contributed by atoms with van der Waals surface area (Å²) in [5, 5.41) is 3.05. The first-order valence-electron chi connectivity index (χ1n) is 5.64. The fraction of sp³-hybridized carbons (Fsp3) is 0.727. The van der Waals surface area contributed by atoms with Crippen LogP contribution in [0, 0.1) is 0 Å². The Morgan fingerprint density at radius 1 is 1.47 bits per heavy atom. The predicted octanol–water partition coefficient (Wildman–Crippen LogP) is 1.38. The molecular formula is C11H19N3O. The van der Waals surface area contributed by atoms with Gasteiger partial charge >= 0.3 is 0 Å². The van der Waals surface area contributed by atoms with Gasteiger partial charge in [-0.25, -0.2) is 4.98 Å². The van der Waals surface area contributed by atoms with Crippen LogP contribution < -0.4 is 11.1 Å². The summed E-state index contributed by atoms with van der Waals surface area (Å²) in [5.41, 5.74) is 5.87. The molecule has 4 nitrogen and oxygen atoms in total. The van der Waals surface area contributed by atoms with Crippen molar-refractivity contribution in [2.24, 2.45) is 5.73 Å². The summed E-state index contributed by atoms with van der Waals surface area (Å²) in [7, 11) is 1.90. The Kier molecular flexibility index (Phi) is 3.38. The summed E-state index contributed by atoms with van der Waals surface area (Å²) < 4.78 is 5.68. The number of nitrogens with zero attached hydrogens (tertiary/aromatic N) is 1. The van der Waals surface area contributed by atoms with Gasteiger partial charge < -0.3 is 15.5 Å². The maximum Gasteiger partial charge on any atom is 0.197 e. The lowest BCUT2D eigenvalue weighted by atomic mass is 9.86. The Balaban J connectivity index is 1.96. The molecule has 1 fully saturated rings. The summed E-state index contributed by atoms with van der Waals surface area (Å²) in [6, 6.07) is 0.382. The number of nitrogens with one attached hydrogen (secondary N) is 1. The molecule has 3 N–H and O–H groups in total. The molecule has 15 heavy (non-hydrogen) atoms. The van der Waals surface area contributed by atoms with Crippen molar-refractivity contribution in [3.8, 4) is 0 Å². The topological polar surface area (TPSA) is 64.1 Å². The highest BCUT2D eigenvalue weighted by molar-refractivity contribution is 5.00. The van der Waals surface area contributed by atoms with Crippen molar-refractivity contribution >= 4 is 0 Å². The van der Waals surface area contributed by atoms with Crippen LogP contribution >= 0.6 is 0 Å². The van der Waals surface area contributed by atoms with Crippen LogP contribution in [-0.2, 0) is 6.54 Å². The lowest BCUT2D eigenvalue weighted by Crippen LogP contribution is -2.25. The van der Waals surface area contributed by atoms with Gasteiger partial charge in [0.05, 0.1) is 12.7 Å². The van der Waals surface area contributed by atoms with E-state index in [1.165, 1.54) is 0 Å². The summed E-state index contributed by atoms with van der Waals surface area (Å²) in [6.07, 6.45) is 6.23. The van der Waals surface area contributed by atoms with Crippen molar-refractivity contribution in [3.63, 3.8) is 0 Å². The average Bonchev–Trinajstić information content (AvgIpc) is 2.68. The summed E-state index contributed by atoms with van der Waals surface area (Å²) in [4.78, 5) is 4.34. The summed E-state index contributed by atoms with van der Waals surface area (Å²) in [6.45, 7) is 0.749. The van der Waals surface area contributed by atoms with Gasteiger partial charge in [0.1, 0.15) is 5.76 Å². The van der Waals surface area contributed by atoms with E-state index in [0.717, 1.165) is 43.9 Å². The van der Waals surface area contributed by atoms with Gasteiger partial charge in [-0.15, -0.1) is 0 Å². The van der Waals surface area contributed by atoms with E-state index in [2.05, 4.69) is 10.3 Å². The Morgan fingerprint density at radius 2 is 2.20 bits per heavy atom. The molecule has 0 spiro atoms. The van der Waals surface area contributed by atoms with Gasteiger partial charge in [-0.2, -0.15) is 0 Å². The Morgan fingerprint density at radius 3 is 2.87 bits per heavy atom. The third-order valence-corrected chi connectivity index (χ3v) is 3.04. The fourth-order valence-electron chi connectivity index (χ4n) is 2.13. The lowest BCUT2D eigenvalue weighted by molar-refractivity contribution is 0.329. The quantitative estimate of drug-likeness (QED) is 0.789. The second kappa shape index (κ2) is 4.77. The maximum absolute atomic E-state index is 5.87. The first kappa shape index (κ1) is 10.6. The van der Waals surface area contributed by atoms with Gasteiger partial charge in [-0.05, 0) is 32.7 Å². The Bertz CT molecular complexity index is 303. The molecule has 0 radical (unpaired) electrons. The van der Waals surface area contributed by atoms with Crippen molar-refractivity contribution < 1.29 is 4.42 Å². The molecule has 1 aromatic heterocycles. The third-order valence-electron chi connectivity index (χ3n) is 3.04. The van der Waals surface area contributed by atoms with E-state index in [1.807, 2.05) is 13.2 Å². The van der Waals surface area contributed by atoms with Crippen molar-refractivity contribution in [3.05, 3.63) is 17.8 Å². The molecule has 1 aliphatic rings. The molecule has 2 rings (SSSR count). The van der Waals surface area contributed by atoms with Crippen molar-refractivity contribution in [1.82, 2.24) is 10.3 Å². The van der Waals surface area contributed by atoms with Crippen LogP contribution in [0.5, 0.6) is 0 Å². The molecule has 0 aromatic carbocycles. The lowest BCUT2D eigenvalue weighted by Gasteiger charge is -2.23. The minimum atomic E-state index is 0.382. The Labute approximate surface area is 90.2 Å². The first-order valence-corrected chi connectivity index (χ1v) is 5.64. The summed E-state index contributed by atoms with van der Waals surface area (Å²) >= 11 is 0. The van der Waals surface area contributed by atoms with E-state index in [4.69, 9.17) is 10.2 Å². The number of hydrogen-bond donors (Lipinski definition) is 2. The Hall–Kier alpha value is -0.870. The number of aromatic nitrogens is 1. The monoisotopic (exact) mass is 209 g/mol. The highest BCUT2D eigenvalue weighted by Gasteiger charge is 2.23. The van der Waals surface area contributed by atoms with Crippen LogP contribution in [0.25, 0.3) is 0 Å². The normalized spacial score (nSPS) is 26.8. The zero-order chi connectivity index (χ0) is 10.7. The maximum atomic E-state index is 5.87. The van der Waals surface area contributed by atoms with E-state index < -0.39 is 0 Å². The largest absolute Gasteiger partial charge is 0.444 e. The van der Waals surface area contributed by atoms with Gasteiger partial charge in [0.25, 0.3) is 0 Å². The van der Waals surface area contributed by atoms with Crippen LogP contribution in [0.2, 0.25) is 0 Å². The van der Waals surface area contributed by atoms with E-state index >= 15 is 0 Å². The molecule has 4 heteroatoms. The second-order valence-electron chi connectivity index (χ2n) is 4.31. The number of rotatable bonds is 3. The standard InChI is InChI=1S/C11H19N3O/c1-13-6-10-7-14-11(15-10)8-2-4-9(12)5-3-8/h7-9,13H,2-6,12H2,1H3/t8-,9-. The highest BCUT2D eigenvalue weighted by atomic mass is 16.4. The second-order valence-corrected chi connectivity index (χ2v) is 4.31. The smallest absolute Gasteiger partial charge is 0.197 e. The zero-order valence-corrected chi connectivity index (χ0v) is 9.20. The van der Waals surface area contributed by atoms with Crippen LogP contribution in [0.15, 0.2) is 10.6 Å². The molecule has 1 aromatic rings. The SMILES string of the molecule is CNCc1cnc([C@H]2CC[C@H](N)CC2)o1. The van der Waals surface area contributed by atoms with E-state index in [-0.39, 0.29) is 0 Å². The molecule has 1 aliphatic carbocycles. The van der Waals surface area contributed by atoms with Gasteiger partial charge in [0, 0.05) is 12.0 Å². The number of nitrogens with two attached hydrogens (primary N) is 1. The molecule has 84 valence electrons. The van der Waals surface area contributed by atoms with Crippen LogP contribution in [0.4, 0.5) is 0 Å². The highest BCUT2D eigenvalue weighted by Crippen LogP contribution is 2.31. The van der Waals surface area contributed by atoms with Gasteiger partial charge in [0.2, 0.25) is 0 Å². The molecule has 1 heterocycles. The molecule has 0 atom stereocenters. The molecule has 0 unspecified atom stereocenters. The van der Waals surface area contributed by atoms with Gasteiger partial charge in [-0.3, -0.25) is 0 Å². The molecule has 0 aliphatic heterocycles. The summed E-state index contributed by atoms with van der Waals surface area (Å²) in [5.74, 6) is 2.30. The van der Waals surface area contributed by atoms with E-state index in [0.29, 0.717) is 12.0 Å². The average molecular weight is 209 g/mol. The van der Waals surface area contributed by atoms with Gasteiger partial charge in [-0.1, -0.05) is 0 Å². The van der Waals surface area contributed by atoms with Gasteiger partial charge in [0.15, 0.2) is 5.89 Å². The van der Waals surface area contributed by atoms with Crippen molar-refractivity contribution in [2.45, 2.75) is 44.2 Å². The van der Waals surface area contributed by atoms with Crippen LogP contribution in [0.3, 0.4) is 0 Å². The number of hydrogen-bond acceptors (Lipinski definition) is 4. The predicted molar refractivity (Wildman–Crippen MR) is 58.5 cm³/mol. The minimum absolute atomic E-state index is 0.382. The first-order chi connectivity index (χ1) is 7.29. The third kappa shape index (κ3) is 2.58. The molecular weight excluding hydrogens is 190 g/mol. The molecule has 0 saturated heterocycles. The zero-order valence-electron chi connectivity index (χ0n) is 9.20. The number of oxazole rings is 1.